The topological polar surface area (TPSA) is 29.1 Å². The molecule has 2 nitrogen and oxygen atoms in total. The van der Waals surface area contributed by atoms with E-state index < -0.39 is 0 Å². The van der Waals surface area contributed by atoms with Gasteiger partial charge in [0.25, 0.3) is 5.91 Å². The smallest absolute Gasteiger partial charge is 0.251 e. The van der Waals surface area contributed by atoms with Crippen LogP contribution in [-0.4, -0.2) is 11.9 Å². The number of hydrogen-bond acceptors (Lipinski definition) is 1. The second-order valence-corrected chi connectivity index (χ2v) is 5.71. The zero-order chi connectivity index (χ0) is 11.5. The Balaban J connectivity index is 1.96. The van der Waals surface area contributed by atoms with Crippen LogP contribution in [0.1, 0.15) is 36.5 Å². The van der Waals surface area contributed by atoms with Crippen LogP contribution < -0.4 is 5.32 Å². The summed E-state index contributed by atoms with van der Waals surface area (Å²) in [5, 5.41) is 3.08. The van der Waals surface area contributed by atoms with Crippen LogP contribution in [-0.2, 0) is 0 Å². The van der Waals surface area contributed by atoms with E-state index in [-0.39, 0.29) is 5.91 Å². The van der Waals surface area contributed by atoms with Crippen molar-refractivity contribution >= 4 is 28.5 Å². The number of rotatable bonds is 3. The number of carbonyl (C=O) groups is 1. The van der Waals surface area contributed by atoms with Gasteiger partial charge in [0, 0.05) is 15.2 Å². The van der Waals surface area contributed by atoms with Crippen LogP contribution in [0.4, 0.5) is 0 Å². The zero-order valence-corrected chi connectivity index (χ0v) is 11.5. The third-order valence-electron chi connectivity index (χ3n) is 3.30. The Morgan fingerprint density at radius 3 is 2.81 bits per heavy atom. The van der Waals surface area contributed by atoms with E-state index in [4.69, 9.17) is 0 Å². The standard InChI is InChI=1S/C13H16INO/c1-9(10-4-2-5-10)15-13(16)11-6-3-7-12(14)8-11/h3,6-10H,2,4-5H2,1H3,(H,15,16). The molecule has 1 unspecified atom stereocenters. The van der Waals surface area contributed by atoms with Crippen molar-refractivity contribution in [2.24, 2.45) is 5.92 Å². The van der Waals surface area contributed by atoms with Crippen molar-refractivity contribution < 1.29 is 4.79 Å². The highest BCUT2D eigenvalue weighted by Crippen LogP contribution is 2.29. The van der Waals surface area contributed by atoms with E-state index in [1.54, 1.807) is 0 Å². The Morgan fingerprint density at radius 2 is 2.25 bits per heavy atom. The first-order valence-corrected chi connectivity index (χ1v) is 6.81. The van der Waals surface area contributed by atoms with Gasteiger partial charge in [0.1, 0.15) is 0 Å². The summed E-state index contributed by atoms with van der Waals surface area (Å²) in [6, 6.07) is 8.00. The molecule has 1 fully saturated rings. The molecule has 1 saturated carbocycles. The lowest BCUT2D eigenvalue weighted by Crippen LogP contribution is -2.40. The number of nitrogens with one attached hydrogen (secondary N) is 1. The molecule has 0 saturated heterocycles. The van der Waals surface area contributed by atoms with E-state index >= 15 is 0 Å². The van der Waals surface area contributed by atoms with E-state index in [1.807, 2.05) is 24.3 Å². The fourth-order valence-corrected chi connectivity index (χ4v) is 2.52. The minimum absolute atomic E-state index is 0.0536. The first-order chi connectivity index (χ1) is 7.66. The average molecular weight is 329 g/mol. The van der Waals surface area contributed by atoms with Crippen LogP contribution in [0.25, 0.3) is 0 Å². The summed E-state index contributed by atoms with van der Waals surface area (Å²) in [6.45, 7) is 2.11. The summed E-state index contributed by atoms with van der Waals surface area (Å²) in [5.74, 6) is 0.740. The SMILES string of the molecule is CC(NC(=O)c1cccc(I)c1)C1CCC1. The summed E-state index contributed by atoms with van der Waals surface area (Å²) in [7, 11) is 0. The number of hydrogen-bond donors (Lipinski definition) is 1. The summed E-state index contributed by atoms with van der Waals surface area (Å²) in [5.41, 5.74) is 0.762. The normalized spacial score (nSPS) is 17.6. The molecule has 0 heterocycles. The van der Waals surface area contributed by atoms with Crippen molar-refractivity contribution in [2.75, 3.05) is 0 Å². The highest BCUT2D eigenvalue weighted by Gasteiger charge is 2.25. The number of carbonyl (C=O) groups excluding carboxylic acids is 1. The van der Waals surface area contributed by atoms with E-state index in [1.165, 1.54) is 19.3 Å². The molecule has 0 aliphatic heterocycles. The molecule has 0 bridgehead atoms. The third kappa shape index (κ3) is 2.75. The molecule has 1 atom stereocenters. The van der Waals surface area contributed by atoms with Gasteiger partial charge in [0.05, 0.1) is 0 Å². The first kappa shape index (κ1) is 11.9. The lowest BCUT2D eigenvalue weighted by molar-refractivity contribution is 0.0909. The zero-order valence-electron chi connectivity index (χ0n) is 9.37. The molecule has 2 rings (SSSR count). The van der Waals surface area contributed by atoms with Crippen LogP contribution >= 0.6 is 22.6 Å². The second-order valence-electron chi connectivity index (χ2n) is 4.46. The Labute approximate surface area is 110 Å². The molecule has 3 heteroatoms. The molecular formula is C13H16INO. The lowest BCUT2D eigenvalue weighted by Gasteiger charge is -2.31. The Kier molecular flexibility index (Phi) is 3.84. The average Bonchev–Trinajstić information content (AvgIpc) is 2.14. The molecule has 1 aliphatic rings. The monoisotopic (exact) mass is 329 g/mol. The van der Waals surface area contributed by atoms with E-state index in [0.717, 1.165) is 9.13 Å². The van der Waals surface area contributed by atoms with Crippen molar-refractivity contribution in [3.8, 4) is 0 Å². The molecule has 0 spiro atoms. The van der Waals surface area contributed by atoms with Crippen LogP contribution in [0, 0.1) is 9.49 Å². The van der Waals surface area contributed by atoms with Gasteiger partial charge >= 0.3 is 0 Å². The van der Waals surface area contributed by atoms with E-state index in [9.17, 15) is 4.79 Å². The maximum absolute atomic E-state index is 11.9. The van der Waals surface area contributed by atoms with Gasteiger partial charge < -0.3 is 5.32 Å². The van der Waals surface area contributed by atoms with Crippen LogP contribution in [0.2, 0.25) is 0 Å². The third-order valence-corrected chi connectivity index (χ3v) is 3.97. The maximum atomic E-state index is 11.9. The summed E-state index contributed by atoms with van der Waals surface area (Å²) < 4.78 is 1.10. The van der Waals surface area contributed by atoms with Crippen molar-refractivity contribution in [1.82, 2.24) is 5.32 Å². The van der Waals surface area contributed by atoms with Crippen LogP contribution in [0.15, 0.2) is 24.3 Å². The second kappa shape index (κ2) is 5.17. The van der Waals surface area contributed by atoms with E-state index in [0.29, 0.717) is 12.0 Å². The molecule has 16 heavy (non-hydrogen) atoms. The van der Waals surface area contributed by atoms with Crippen LogP contribution in [0.3, 0.4) is 0 Å². The van der Waals surface area contributed by atoms with Gasteiger partial charge in [0.15, 0.2) is 0 Å². The number of amides is 1. The molecule has 1 aromatic carbocycles. The molecule has 0 radical (unpaired) electrons. The van der Waals surface area contributed by atoms with Crippen molar-refractivity contribution in [3.63, 3.8) is 0 Å². The summed E-state index contributed by atoms with van der Waals surface area (Å²) >= 11 is 2.22. The highest BCUT2D eigenvalue weighted by atomic mass is 127. The summed E-state index contributed by atoms with van der Waals surface area (Å²) in [6.07, 6.45) is 3.83. The molecule has 1 amide bonds. The first-order valence-electron chi connectivity index (χ1n) is 5.73. The predicted molar refractivity (Wildman–Crippen MR) is 73.4 cm³/mol. The van der Waals surface area contributed by atoms with E-state index in [2.05, 4.69) is 34.8 Å². The minimum Gasteiger partial charge on any atom is -0.349 e. The van der Waals surface area contributed by atoms with Crippen molar-refractivity contribution in [1.29, 1.82) is 0 Å². The molecule has 1 N–H and O–H groups in total. The van der Waals surface area contributed by atoms with Gasteiger partial charge in [-0.05, 0) is 66.5 Å². The number of benzene rings is 1. The molecule has 86 valence electrons. The maximum Gasteiger partial charge on any atom is 0.251 e. The van der Waals surface area contributed by atoms with Gasteiger partial charge in [-0.15, -0.1) is 0 Å². The van der Waals surface area contributed by atoms with Gasteiger partial charge in [-0.1, -0.05) is 12.5 Å². The highest BCUT2D eigenvalue weighted by molar-refractivity contribution is 14.1. The summed E-state index contributed by atoms with van der Waals surface area (Å²) in [4.78, 5) is 11.9. The number of halogens is 1. The Morgan fingerprint density at radius 1 is 1.50 bits per heavy atom. The van der Waals surface area contributed by atoms with Gasteiger partial charge in [-0.3, -0.25) is 4.79 Å². The van der Waals surface area contributed by atoms with Gasteiger partial charge in [-0.25, -0.2) is 0 Å². The fourth-order valence-electron chi connectivity index (χ4n) is 1.98. The fraction of sp³-hybridized carbons (Fsp3) is 0.462. The quantitative estimate of drug-likeness (QED) is 0.848. The van der Waals surface area contributed by atoms with Gasteiger partial charge in [-0.2, -0.15) is 0 Å². The van der Waals surface area contributed by atoms with Crippen LogP contribution in [0.5, 0.6) is 0 Å². The van der Waals surface area contributed by atoms with Crippen molar-refractivity contribution in [2.45, 2.75) is 32.2 Å². The molecular weight excluding hydrogens is 313 g/mol. The minimum atomic E-state index is 0.0536. The molecule has 1 aliphatic carbocycles. The molecule has 1 aromatic rings. The van der Waals surface area contributed by atoms with Crippen molar-refractivity contribution in [3.05, 3.63) is 33.4 Å². The predicted octanol–water partition coefficient (Wildman–Crippen LogP) is 3.21. The Bertz CT molecular complexity index is 387. The Hall–Kier alpha value is -0.580. The van der Waals surface area contributed by atoms with Gasteiger partial charge in [0.2, 0.25) is 0 Å². The largest absolute Gasteiger partial charge is 0.349 e. The molecule has 0 aromatic heterocycles. The lowest BCUT2D eigenvalue weighted by atomic mass is 9.80.